The van der Waals surface area contributed by atoms with E-state index in [1.165, 1.54) is 0 Å². The van der Waals surface area contributed by atoms with Gasteiger partial charge in [-0.25, -0.2) is 4.79 Å². The zero-order valence-corrected chi connectivity index (χ0v) is 15.0. The van der Waals surface area contributed by atoms with Crippen LogP contribution in [0.2, 0.25) is 0 Å². The third kappa shape index (κ3) is 2.52. The molecule has 1 saturated carbocycles. The highest BCUT2D eigenvalue weighted by atomic mass is 16.6. The summed E-state index contributed by atoms with van der Waals surface area (Å²) in [5.41, 5.74) is 2.81. The number of carbonyl (C=O) groups excluding carboxylic acids is 3. The number of likely N-dealkylation sites (tertiary alicyclic amines) is 1. The minimum atomic E-state index is -0.883. The molecule has 0 unspecified atom stereocenters. The van der Waals surface area contributed by atoms with E-state index in [0.717, 1.165) is 22.0 Å². The number of H-pyrrole nitrogens is 1. The lowest BCUT2D eigenvalue weighted by atomic mass is 9.63. The Morgan fingerprint density at radius 3 is 2.68 bits per heavy atom. The Morgan fingerprint density at radius 2 is 1.86 bits per heavy atom. The number of benzene rings is 2. The van der Waals surface area contributed by atoms with Gasteiger partial charge >= 0.3 is 6.09 Å². The van der Waals surface area contributed by atoms with Gasteiger partial charge in [-0.3, -0.25) is 9.59 Å². The molecular weight excluding hydrogens is 356 g/mol. The van der Waals surface area contributed by atoms with Crippen molar-refractivity contribution in [2.75, 3.05) is 0 Å². The zero-order chi connectivity index (χ0) is 19.3. The monoisotopic (exact) mass is 374 g/mol. The van der Waals surface area contributed by atoms with Crippen LogP contribution in [-0.2, 0) is 20.9 Å². The first-order valence-electron chi connectivity index (χ1n) is 9.29. The van der Waals surface area contributed by atoms with Gasteiger partial charge in [0.05, 0.1) is 11.8 Å². The van der Waals surface area contributed by atoms with E-state index in [0.29, 0.717) is 11.3 Å². The van der Waals surface area contributed by atoms with Gasteiger partial charge in [-0.05, 0) is 41.0 Å². The summed E-state index contributed by atoms with van der Waals surface area (Å²) in [6.07, 6.45) is 1.56. The number of hydrogen-bond donors (Lipinski definition) is 1. The van der Waals surface area contributed by atoms with Gasteiger partial charge in [0.15, 0.2) is 0 Å². The Hall–Kier alpha value is -3.41. The Bertz CT molecular complexity index is 1090. The van der Waals surface area contributed by atoms with Crippen molar-refractivity contribution in [3.63, 3.8) is 0 Å². The summed E-state index contributed by atoms with van der Waals surface area (Å²) in [6.45, 7) is 0.0268. The van der Waals surface area contributed by atoms with E-state index in [-0.39, 0.29) is 12.5 Å². The summed E-state index contributed by atoms with van der Waals surface area (Å²) in [7, 11) is 0. The number of rotatable bonds is 3. The highest BCUT2D eigenvalue weighted by molar-refractivity contribution is 6.16. The maximum atomic E-state index is 12.8. The average molecular weight is 374 g/mol. The van der Waals surface area contributed by atoms with Gasteiger partial charge in [0.2, 0.25) is 11.8 Å². The normalized spacial score (nSPS) is 23.6. The fraction of sp³-hybridized carbons (Fsp3) is 0.227. The minimum Gasteiger partial charge on any atom is -0.444 e. The first-order valence-corrected chi connectivity index (χ1v) is 9.29. The van der Waals surface area contributed by atoms with Crippen LogP contribution < -0.4 is 0 Å². The molecule has 28 heavy (non-hydrogen) atoms. The highest BCUT2D eigenvalue weighted by Crippen LogP contribution is 2.53. The van der Waals surface area contributed by atoms with Crippen LogP contribution in [0.3, 0.4) is 0 Å². The van der Waals surface area contributed by atoms with Crippen molar-refractivity contribution in [1.29, 1.82) is 0 Å². The summed E-state index contributed by atoms with van der Waals surface area (Å²) in [5, 5.41) is 1.10. The van der Waals surface area contributed by atoms with Crippen molar-refractivity contribution in [3.05, 3.63) is 71.9 Å². The van der Waals surface area contributed by atoms with E-state index >= 15 is 0 Å². The van der Waals surface area contributed by atoms with Gasteiger partial charge < -0.3 is 9.72 Å². The van der Waals surface area contributed by atoms with Crippen molar-refractivity contribution in [2.24, 2.45) is 11.8 Å². The Balaban J connectivity index is 1.32. The van der Waals surface area contributed by atoms with Crippen molar-refractivity contribution in [1.82, 2.24) is 9.88 Å². The molecule has 1 aliphatic heterocycles. The predicted octanol–water partition coefficient (Wildman–Crippen LogP) is 3.59. The van der Waals surface area contributed by atoms with Crippen LogP contribution in [0.1, 0.15) is 23.5 Å². The maximum Gasteiger partial charge on any atom is 0.423 e. The largest absolute Gasteiger partial charge is 0.444 e. The topological polar surface area (TPSA) is 79.5 Å². The number of nitrogens with zero attached hydrogens (tertiary/aromatic N) is 1. The van der Waals surface area contributed by atoms with Gasteiger partial charge in [0, 0.05) is 11.7 Å². The number of nitrogens with one attached hydrogen (secondary N) is 1. The number of amides is 3. The maximum absolute atomic E-state index is 12.8. The summed E-state index contributed by atoms with van der Waals surface area (Å²) in [6, 6.07) is 17.2. The number of aromatic amines is 1. The molecule has 2 fully saturated rings. The highest BCUT2D eigenvalue weighted by Gasteiger charge is 2.60. The SMILES string of the molecule is O=C(OCc1ccccc1)N1C(=O)[C@H]2[C@H](C[C@@H]2c2ccc3cc[nH]c3c2)C1=O. The molecule has 1 N–H and O–H groups in total. The summed E-state index contributed by atoms with van der Waals surface area (Å²) in [5.74, 6) is -1.85. The van der Waals surface area contributed by atoms with Gasteiger partial charge in [0.1, 0.15) is 6.61 Å². The van der Waals surface area contributed by atoms with Crippen LogP contribution in [0.25, 0.3) is 10.9 Å². The molecule has 1 aromatic heterocycles. The number of hydrogen-bond acceptors (Lipinski definition) is 4. The number of imide groups is 3. The smallest absolute Gasteiger partial charge is 0.423 e. The van der Waals surface area contributed by atoms with Crippen LogP contribution in [0.15, 0.2) is 60.8 Å². The quantitative estimate of drug-likeness (QED) is 0.711. The number of fused-ring (bicyclic) bond motifs is 2. The molecule has 3 aromatic rings. The van der Waals surface area contributed by atoms with Crippen molar-refractivity contribution >= 4 is 28.8 Å². The van der Waals surface area contributed by atoms with Crippen molar-refractivity contribution in [2.45, 2.75) is 18.9 Å². The molecule has 3 atom stereocenters. The van der Waals surface area contributed by atoms with E-state index in [4.69, 9.17) is 4.74 Å². The van der Waals surface area contributed by atoms with Crippen LogP contribution in [0.4, 0.5) is 4.79 Å². The third-order valence-corrected chi connectivity index (χ3v) is 5.81. The first-order chi connectivity index (χ1) is 13.6. The van der Waals surface area contributed by atoms with Crippen LogP contribution in [0, 0.1) is 11.8 Å². The molecule has 2 heterocycles. The molecule has 0 radical (unpaired) electrons. The number of aromatic nitrogens is 1. The van der Waals surface area contributed by atoms with E-state index in [9.17, 15) is 14.4 Å². The molecule has 6 heteroatoms. The van der Waals surface area contributed by atoms with E-state index in [1.807, 2.05) is 60.8 Å². The van der Waals surface area contributed by atoms with E-state index < -0.39 is 29.7 Å². The van der Waals surface area contributed by atoms with Gasteiger partial charge in [-0.1, -0.05) is 42.5 Å². The molecule has 1 aliphatic carbocycles. The first kappa shape index (κ1) is 16.7. The molecule has 2 aromatic carbocycles. The second-order valence-corrected chi connectivity index (χ2v) is 7.35. The lowest BCUT2D eigenvalue weighted by Gasteiger charge is -2.36. The molecule has 0 bridgehead atoms. The lowest BCUT2D eigenvalue weighted by Crippen LogP contribution is -2.37. The zero-order valence-electron chi connectivity index (χ0n) is 15.0. The Morgan fingerprint density at radius 1 is 1.04 bits per heavy atom. The van der Waals surface area contributed by atoms with Crippen molar-refractivity contribution < 1.29 is 19.1 Å². The molecule has 3 amide bonds. The number of carbonyl (C=O) groups is 3. The summed E-state index contributed by atoms with van der Waals surface area (Å²) in [4.78, 5) is 41.7. The summed E-state index contributed by atoms with van der Waals surface area (Å²) < 4.78 is 5.21. The standard InChI is InChI=1S/C22H18N2O4/c25-20-17-11-16(15-7-6-14-8-9-23-18(14)10-15)19(17)21(26)24(20)22(27)28-12-13-4-2-1-3-5-13/h1-10,16-17,19,23H,11-12H2/t16-,17+,19-/m1/s1. The molecule has 1 saturated heterocycles. The molecule has 140 valence electrons. The summed E-state index contributed by atoms with van der Waals surface area (Å²) >= 11 is 0. The second-order valence-electron chi connectivity index (χ2n) is 7.35. The van der Waals surface area contributed by atoms with Crippen LogP contribution in [0.5, 0.6) is 0 Å². The van der Waals surface area contributed by atoms with Crippen LogP contribution >= 0.6 is 0 Å². The second kappa shape index (κ2) is 6.34. The number of ether oxygens (including phenoxy) is 1. The van der Waals surface area contributed by atoms with E-state index in [2.05, 4.69) is 4.98 Å². The van der Waals surface area contributed by atoms with E-state index in [1.54, 1.807) is 0 Å². The predicted molar refractivity (Wildman–Crippen MR) is 101 cm³/mol. The van der Waals surface area contributed by atoms with Crippen LogP contribution in [-0.4, -0.2) is 27.8 Å². The molecule has 2 aliphatic rings. The van der Waals surface area contributed by atoms with Gasteiger partial charge in [-0.2, -0.15) is 4.90 Å². The molecule has 0 spiro atoms. The van der Waals surface area contributed by atoms with Gasteiger partial charge in [0.25, 0.3) is 0 Å². The molecule has 6 nitrogen and oxygen atoms in total. The van der Waals surface area contributed by atoms with Gasteiger partial charge in [-0.15, -0.1) is 0 Å². The Labute approximate surface area is 161 Å². The molecule has 5 rings (SSSR count). The van der Waals surface area contributed by atoms with Crippen molar-refractivity contribution in [3.8, 4) is 0 Å². The third-order valence-electron chi connectivity index (χ3n) is 5.81. The Kier molecular flexibility index (Phi) is 3.79. The fourth-order valence-corrected chi connectivity index (χ4v) is 4.28. The lowest BCUT2D eigenvalue weighted by molar-refractivity contribution is -0.137. The fourth-order valence-electron chi connectivity index (χ4n) is 4.28. The average Bonchev–Trinajstić information content (AvgIpc) is 3.21. The minimum absolute atomic E-state index is 0.0268. The molecular formula is C22H18N2O4.